The lowest BCUT2D eigenvalue weighted by Gasteiger charge is -2.32. The largest absolute Gasteiger partial charge is 0.453 e. The minimum absolute atomic E-state index is 0.0188. The van der Waals surface area contributed by atoms with Crippen molar-refractivity contribution in [2.24, 2.45) is 23.2 Å². The zero-order valence-electron chi connectivity index (χ0n) is 31.1. The maximum absolute atomic E-state index is 14.0. The molecule has 4 aliphatic carbocycles. The van der Waals surface area contributed by atoms with Gasteiger partial charge in [0.1, 0.15) is 17.7 Å². The molecule has 2 saturated heterocycles. The molecule has 10 rings (SSSR count). The summed E-state index contributed by atoms with van der Waals surface area (Å²) in [6.45, 7) is 4.04. The van der Waals surface area contributed by atoms with Crippen LogP contribution in [-0.4, -0.2) is 62.1 Å². The van der Waals surface area contributed by atoms with Gasteiger partial charge in [0.15, 0.2) is 0 Å². The molecule has 8 atom stereocenters. The number of fused-ring (bicyclic) bond motifs is 3. The standard InChI is InChI=1S/C43H51N7O3/c1-4-23(2)38(49-42(52)53-3)41(51)50-36-17-27(36)18-37(50)40-45-21-34(47-40)25-9-7-24(8-10-25)28-11-12-29(31-20-43(19-30(28)31)13-5-6-14-43)35-22-44-39(48-35)33-16-26-15-32(26)46-33/h7-12,21-23,26-27,32-33,36-38,46H,4-6,13-20H2,1-3H3,(H,44,48)(H,45,47)(H,49,52)/t23?,26?,27?,32?,33-,36?,37-,38-/m0/s1. The van der Waals surface area contributed by atoms with Gasteiger partial charge in [-0.3, -0.25) is 4.79 Å². The number of amides is 2. The highest BCUT2D eigenvalue weighted by molar-refractivity contribution is 5.87. The molecule has 1 spiro atoms. The summed E-state index contributed by atoms with van der Waals surface area (Å²) in [5.41, 5.74) is 10.5. The zero-order chi connectivity index (χ0) is 36.0. The quantitative estimate of drug-likeness (QED) is 0.141. The number of rotatable bonds is 9. The smallest absolute Gasteiger partial charge is 0.407 e. The number of aromatic nitrogens is 4. The van der Waals surface area contributed by atoms with Crippen molar-refractivity contribution >= 4 is 12.0 Å². The minimum Gasteiger partial charge on any atom is -0.453 e. The highest BCUT2D eigenvalue weighted by Gasteiger charge is 2.56. The lowest BCUT2D eigenvalue weighted by atomic mass is 9.82. The summed E-state index contributed by atoms with van der Waals surface area (Å²) in [5.74, 6) is 3.15. The van der Waals surface area contributed by atoms with E-state index in [-0.39, 0.29) is 23.9 Å². The lowest BCUT2D eigenvalue weighted by Crippen LogP contribution is -2.52. The number of methoxy groups -OCH3 is 1. The molecule has 3 saturated carbocycles. The SMILES string of the molecule is CCC(C)[C@H](NC(=O)OC)C(=O)N1C2CC2C[C@H]1c1ncc(-c2ccc(-c3ccc(-c4cnc([C@@H]5CC6CC6N5)[nH]4)c4c3CC3(CCCC3)C4)cc2)[nH]1. The van der Waals surface area contributed by atoms with Crippen molar-refractivity contribution in [3.63, 3.8) is 0 Å². The summed E-state index contributed by atoms with van der Waals surface area (Å²) in [5, 5.41) is 6.58. The highest BCUT2D eigenvalue weighted by Crippen LogP contribution is 2.55. The second kappa shape index (κ2) is 12.6. The van der Waals surface area contributed by atoms with E-state index in [4.69, 9.17) is 14.7 Å². The predicted octanol–water partition coefficient (Wildman–Crippen LogP) is 7.65. The van der Waals surface area contributed by atoms with Crippen molar-refractivity contribution in [1.29, 1.82) is 0 Å². The number of piperidine rings is 2. The van der Waals surface area contributed by atoms with Crippen LogP contribution in [0.3, 0.4) is 0 Å². The number of aromatic amines is 2. The van der Waals surface area contributed by atoms with Gasteiger partial charge in [-0.2, -0.15) is 0 Å². The number of hydrogen-bond acceptors (Lipinski definition) is 6. The van der Waals surface area contributed by atoms with Gasteiger partial charge in [-0.15, -0.1) is 0 Å². The van der Waals surface area contributed by atoms with Crippen LogP contribution in [0.1, 0.15) is 106 Å². The first kappa shape index (κ1) is 33.2. The van der Waals surface area contributed by atoms with E-state index in [1.54, 1.807) is 0 Å². The number of alkyl carbamates (subject to hydrolysis) is 1. The Morgan fingerprint density at radius 2 is 1.58 bits per heavy atom. The van der Waals surface area contributed by atoms with Crippen LogP contribution in [0, 0.1) is 23.2 Å². The summed E-state index contributed by atoms with van der Waals surface area (Å²) in [4.78, 5) is 45.2. The van der Waals surface area contributed by atoms with E-state index in [0.717, 1.165) is 66.6 Å². The molecule has 5 fully saturated rings. The van der Waals surface area contributed by atoms with Crippen LogP contribution in [0.2, 0.25) is 0 Å². The number of nitrogens with zero attached hydrogens (tertiary/aromatic N) is 3. The first-order valence-electron chi connectivity index (χ1n) is 20.1. The summed E-state index contributed by atoms with van der Waals surface area (Å²) in [7, 11) is 1.33. The van der Waals surface area contributed by atoms with Crippen LogP contribution in [0.25, 0.3) is 33.6 Å². The Balaban J connectivity index is 0.906. The van der Waals surface area contributed by atoms with Crippen LogP contribution in [0.4, 0.5) is 4.79 Å². The minimum atomic E-state index is -0.632. The highest BCUT2D eigenvalue weighted by atomic mass is 16.5. The van der Waals surface area contributed by atoms with E-state index in [2.05, 4.69) is 63.2 Å². The fraction of sp³-hybridized carbons (Fsp3) is 0.535. The normalized spacial score (nSPS) is 28.4. The van der Waals surface area contributed by atoms with E-state index in [1.165, 1.54) is 73.5 Å². The topological polar surface area (TPSA) is 128 Å². The number of H-pyrrole nitrogens is 2. The molecule has 53 heavy (non-hydrogen) atoms. The molecule has 10 heteroatoms. The third-order valence-corrected chi connectivity index (χ3v) is 14.0. The van der Waals surface area contributed by atoms with Crippen LogP contribution in [0.15, 0.2) is 48.8 Å². The summed E-state index contributed by atoms with van der Waals surface area (Å²) < 4.78 is 4.87. The van der Waals surface area contributed by atoms with E-state index < -0.39 is 12.1 Å². The molecule has 2 amide bonds. The van der Waals surface area contributed by atoms with Crippen LogP contribution in [0.5, 0.6) is 0 Å². The number of likely N-dealkylation sites (tertiary alicyclic amines) is 1. The van der Waals surface area contributed by atoms with Crippen LogP contribution in [-0.2, 0) is 22.4 Å². The number of carbonyl (C=O) groups is 2. The summed E-state index contributed by atoms with van der Waals surface area (Å²) in [6.07, 6.45) is 16.2. The zero-order valence-corrected chi connectivity index (χ0v) is 31.1. The van der Waals surface area contributed by atoms with Crippen molar-refractivity contribution < 1.29 is 14.3 Å². The van der Waals surface area contributed by atoms with Gasteiger partial charge in [-0.1, -0.05) is 69.5 Å². The van der Waals surface area contributed by atoms with Crippen molar-refractivity contribution in [1.82, 2.24) is 35.5 Å². The molecule has 10 nitrogen and oxygen atoms in total. The van der Waals surface area contributed by atoms with Gasteiger partial charge in [-0.25, -0.2) is 14.8 Å². The van der Waals surface area contributed by atoms with Gasteiger partial charge in [0.05, 0.1) is 43.0 Å². The molecule has 5 unspecified atom stereocenters. The Morgan fingerprint density at radius 1 is 0.887 bits per heavy atom. The second-order valence-electron chi connectivity index (χ2n) is 17.2. The fourth-order valence-electron chi connectivity index (χ4n) is 10.6. The third-order valence-electron chi connectivity index (χ3n) is 14.0. The van der Waals surface area contributed by atoms with Crippen molar-refractivity contribution in [2.45, 2.75) is 115 Å². The fourth-order valence-corrected chi connectivity index (χ4v) is 10.6. The monoisotopic (exact) mass is 713 g/mol. The average molecular weight is 714 g/mol. The molecule has 4 N–H and O–H groups in total. The van der Waals surface area contributed by atoms with Gasteiger partial charge < -0.3 is 30.2 Å². The average Bonchev–Trinajstić information content (AvgIpc) is 3.68. The van der Waals surface area contributed by atoms with Crippen molar-refractivity contribution in [3.05, 3.63) is 71.6 Å². The van der Waals surface area contributed by atoms with E-state index in [0.29, 0.717) is 23.4 Å². The maximum atomic E-state index is 14.0. The van der Waals surface area contributed by atoms with E-state index >= 15 is 0 Å². The molecule has 2 aliphatic heterocycles. The Bertz CT molecular complexity index is 2050. The molecule has 2 aromatic heterocycles. The number of nitrogens with one attached hydrogen (secondary N) is 4. The Hall–Kier alpha value is -4.44. The summed E-state index contributed by atoms with van der Waals surface area (Å²) >= 11 is 0. The van der Waals surface area contributed by atoms with Gasteiger partial charge in [0.2, 0.25) is 5.91 Å². The van der Waals surface area contributed by atoms with Gasteiger partial charge >= 0.3 is 6.09 Å². The molecule has 4 heterocycles. The molecular formula is C43H51N7O3. The van der Waals surface area contributed by atoms with Gasteiger partial charge in [-0.05, 0) is 102 Å². The van der Waals surface area contributed by atoms with Crippen molar-refractivity contribution in [3.8, 4) is 33.6 Å². The first-order valence-corrected chi connectivity index (χ1v) is 20.1. The van der Waals surface area contributed by atoms with E-state index in [1.807, 2.05) is 24.9 Å². The molecule has 2 aromatic carbocycles. The number of carbonyl (C=O) groups excluding carboxylic acids is 2. The number of benzene rings is 2. The Morgan fingerprint density at radius 3 is 2.32 bits per heavy atom. The number of imidazole rings is 2. The second-order valence-corrected chi connectivity index (χ2v) is 17.2. The third kappa shape index (κ3) is 5.70. The summed E-state index contributed by atoms with van der Waals surface area (Å²) in [6, 6.07) is 14.1. The van der Waals surface area contributed by atoms with Gasteiger partial charge in [0.25, 0.3) is 0 Å². The first-order chi connectivity index (χ1) is 25.8. The number of hydrogen-bond donors (Lipinski definition) is 4. The van der Waals surface area contributed by atoms with Crippen LogP contribution >= 0.6 is 0 Å². The molecule has 276 valence electrons. The van der Waals surface area contributed by atoms with Gasteiger partial charge in [0, 0.05) is 17.6 Å². The van der Waals surface area contributed by atoms with Crippen molar-refractivity contribution in [2.75, 3.05) is 7.11 Å². The Labute approximate surface area is 311 Å². The molecular weight excluding hydrogens is 663 g/mol. The molecule has 0 bridgehead atoms. The van der Waals surface area contributed by atoms with E-state index in [9.17, 15) is 9.59 Å². The number of ether oxygens (including phenoxy) is 1. The molecule has 6 aliphatic rings. The lowest BCUT2D eigenvalue weighted by molar-refractivity contribution is -0.137. The maximum Gasteiger partial charge on any atom is 0.407 e. The molecule has 4 aromatic rings. The molecule has 0 radical (unpaired) electrons. The Kier molecular flexibility index (Phi) is 7.86. The predicted molar refractivity (Wildman–Crippen MR) is 203 cm³/mol. The van der Waals surface area contributed by atoms with Crippen LogP contribution < -0.4 is 10.6 Å².